The van der Waals surface area contributed by atoms with Crippen molar-refractivity contribution in [2.75, 3.05) is 31.5 Å². The molecule has 0 bridgehead atoms. The number of hydrogen-bond acceptors (Lipinski definition) is 4. The maximum absolute atomic E-state index is 12.6. The molecular formula is C13H17F3N4. The average Bonchev–Trinajstić information content (AvgIpc) is 2.42. The van der Waals surface area contributed by atoms with E-state index in [4.69, 9.17) is 5.26 Å². The van der Waals surface area contributed by atoms with Crippen LogP contribution >= 0.6 is 0 Å². The number of aromatic nitrogens is 1. The second kappa shape index (κ2) is 7.10. The lowest BCUT2D eigenvalue weighted by atomic mass is 10.2. The zero-order valence-corrected chi connectivity index (χ0v) is 11.5. The Morgan fingerprint density at radius 2 is 1.95 bits per heavy atom. The van der Waals surface area contributed by atoms with Crippen molar-refractivity contribution in [3.05, 3.63) is 23.4 Å². The van der Waals surface area contributed by atoms with E-state index in [1.54, 1.807) is 0 Å². The molecule has 0 unspecified atom stereocenters. The summed E-state index contributed by atoms with van der Waals surface area (Å²) in [5, 5.41) is 11.7. The molecule has 0 aliphatic carbocycles. The first-order valence-corrected chi connectivity index (χ1v) is 6.36. The van der Waals surface area contributed by atoms with E-state index in [-0.39, 0.29) is 11.4 Å². The number of anilines is 1. The Balaban J connectivity index is 2.80. The summed E-state index contributed by atoms with van der Waals surface area (Å²) < 4.78 is 37.7. The molecule has 0 saturated carbocycles. The highest BCUT2D eigenvalue weighted by Gasteiger charge is 2.33. The Morgan fingerprint density at radius 1 is 1.30 bits per heavy atom. The molecule has 1 N–H and O–H groups in total. The molecule has 4 nitrogen and oxygen atoms in total. The number of rotatable bonds is 6. The Morgan fingerprint density at radius 3 is 2.45 bits per heavy atom. The summed E-state index contributed by atoms with van der Waals surface area (Å²) in [6, 6.07) is 3.78. The predicted octanol–water partition coefficient (Wildman–Crippen LogP) is 2.73. The molecule has 110 valence electrons. The molecule has 0 saturated heterocycles. The van der Waals surface area contributed by atoms with E-state index in [0.717, 1.165) is 25.2 Å². The van der Waals surface area contributed by atoms with Gasteiger partial charge in [-0.05, 0) is 25.2 Å². The van der Waals surface area contributed by atoms with Gasteiger partial charge in [0.05, 0.1) is 5.56 Å². The first kappa shape index (κ1) is 16.2. The fraction of sp³-hybridized carbons (Fsp3) is 0.538. The summed E-state index contributed by atoms with van der Waals surface area (Å²) in [6.45, 7) is 6.85. The molecule has 0 aliphatic heterocycles. The van der Waals surface area contributed by atoms with Gasteiger partial charge in [-0.15, -0.1) is 0 Å². The van der Waals surface area contributed by atoms with Gasteiger partial charge in [0.15, 0.2) is 0 Å². The maximum Gasteiger partial charge on any atom is 0.433 e. The summed E-state index contributed by atoms with van der Waals surface area (Å²) >= 11 is 0. The Labute approximate surface area is 116 Å². The first-order valence-electron chi connectivity index (χ1n) is 6.36. The van der Waals surface area contributed by atoms with Gasteiger partial charge in [0.1, 0.15) is 17.6 Å². The van der Waals surface area contributed by atoms with Crippen LogP contribution in [-0.2, 0) is 6.18 Å². The lowest BCUT2D eigenvalue weighted by Crippen LogP contribution is -2.29. The van der Waals surface area contributed by atoms with Crippen molar-refractivity contribution < 1.29 is 13.2 Å². The quantitative estimate of drug-likeness (QED) is 0.873. The van der Waals surface area contributed by atoms with Crippen molar-refractivity contribution in [2.24, 2.45) is 0 Å². The number of nitriles is 1. The van der Waals surface area contributed by atoms with Crippen molar-refractivity contribution in [3.63, 3.8) is 0 Å². The Bertz CT molecular complexity index is 475. The van der Waals surface area contributed by atoms with Crippen LogP contribution in [0.2, 0.25) is 0 Å². The molecule has 0 spiro atoms. The highest BCUT2D eigenvalue weighted by atomic mass is 19.4. The van der Waals surface area contributed by atoms with Gasteiger partial charge in [-0.25, -0.2) is 4.98 Å². The minimum Gasteiger partial charge on any atom is -0.368 e. The van der Waals surface area contributed by atoms with E-state index in [0.29, 0.717) is 13.1 Å². The van der Waals surface area contributed by atoms with E-state index >= 15 is 0 Å². The van der Waals surface area contributed by atoms with Gasteiger partial charge in [0.2, 0.25) is 0 Å². The molecule has 1 aromatic heterocycles. The van der Waals surface area contributed by atoms with Crippen LogP contribution < -0.4 is 5.32 Å². The molecule has 20 heavy (non-hydrogen) atoms. The van der Waals surface area contributed by atoms with Crippen molar-refractivity contribution in [3.8, 4) is 6.07 Å². The molecule has 0 radical (unpaired) electrons. The molecule has 1 aromatic rings. The first-order chi connectivity index (χ1) is 9.42. The van der Waals surface area contributed by atoms with Gasteiger partial charge in [0, 0.05) is 13.1 Å². The molecule has 0 amide bonds. The third-order valence-electron chi connectivity index (χ3n) is 2.92. The maximum atomic E-state index is 12.6. The molecule has 7 heteroatoms. The van der Waals surface area contributed by atoms with Crippen molar-refractivity contribution in [1.82, 2.24) is 9.88 Å². The Kier molecular flexibility index (Phi) is 5.77. The number of pyridine rings is 1. The zero-order chi connectivity index (χ0) is 15.2. The summed E-state index contributed by atoms with van der Waals surface area (Å²) in [5.74, 6) is -0.0190. The van der Waals surface area contributed by atoms with Crippen LogP contribution in [0, 0.1) is 11.3 Å². The third kappa shape index (κ3) is 4.38. The van der Waals surface area contributed by atoms with Gasteiger partial charge in [-0.3, -0.25) is 0 Å². The highest BCUT2D eigenvalue weighted by molar-refractivity contribution is 5.52. The van der Waals surface area contributed by atoms with Crippen molar-refractivity contribution in [1.29, 1.82) is 5.26 Å². The van der Waals surface area contributed by atoms with E-state index < -0.39 is 11.9 Å². The van der Waals surface area contributed by atoms with Crippen LogP contribution in [0.5, 0.6) is 0 Å². The standard InChI is InChI=1S/C13H17F3N4/c1-3-20(4-2)8-7-18-12-10(9-17)5-6-11(19-12)13(14,15)16/h5-6H,3-4,7-8H2,1-2H3,(H,18,19). The number of nitrogens with one attached hydrogen (secondary N) is 1. The topological polar surface area (TPSA) is 52.0 Å². The average molecular weight is 286 g/mol. The van der Waals surface area contributed by atoms with Crippen molar-refractivity contribution in [2.45, 2.75) is 20.0 Å². The smallest absolute Gasteiger partial charge is 0.368 e. The summed E-state index contributed by atoms with van der Waals surface area (Å²) in [6.07, 6.45) is -4.51. The van der Waals surface area contributed by atoms with Crippen molar-refractivity contribution >= 4 is 5.82 Å². The van der Waals surface area contributed by atoms with E-state index in [1.165, 1.54) is 0 Å². The zero-order valence-electron chi connectivity index (χ0n) is 11.5. The van der Waals surface area contributed by atoms with Gasteiger partial charge >= 0.3 is 6.18 Å². The van der Waals surface area contributed by atoms with Crippen LogP contribution in [0.4, 0.5) is 19.0 Å². The second-order valence-electron chi connectivity index (χ2n) is 4.16. The number of halogens is 3. The molecule has 1 heterocycles. The van der Waals surface area contributed by atoms with E-state index in [2.05, 4.69) is 15.2 Å². The van der Waals surface area contributed by atoms with Crippen LogP contribution in [0.1, 0.15) is 25.1 Å². The van der Waals surface area contributed by atoms with E-state index in [1.807, 2.05) is 19.9 Å². The van der Waals surface area contributed by atoms with E-state index in [9.17, 15) is 13.2 Å². The van der Waals surface area contributed by atoms with Gasteiger partial charge in [-0.1, -0.05) is 13.8 Å². The number of likely N-dealkylation sites (N-methyl/N-ethyl adjacent to an activating group) is 1. The minimum atomic E-state index is -4.51. The highest BCUT2D eigenvalue weighted by Crippen LogP contribution is 2.29. The molecule has 0 aliphatic rings. The second-order valence-corrected chi connectivity index (χ2v) is 4.16. The molecule has 1 rings (SSSR count). The number of nitrogens with zero attached hydrogens (tertiary/aromatic N) is 3. The predicted molar refractivity (Wildman–Crippen MR) is 70.2 cm³/mol. The van der Waals surface area contributed by atoms with Crippen LogP contribution in [0.3, 0.4) is 0 Å². The summed E-state index contributed by atoms with van der Waals surface area (Å²) in [5.41, 5.74) is -0.889. The molecule has 0 atom stereocenters. The largest absolute Gasteiger partial charge is 0.433 e. The van der Waals surface area contributed by atoms with Crippen LogP contribution in [0.15, 0.2) is 12.1 Å². The lowest BCUT2D eigenvalue weighted by molar-refractivity contribution is -0.141. The third-order valence-corrected chi connectivity index (χ3v) is 2.92. The normalized spacial score (nSPS) is 11.4. The monoisotopic (exact) mass is 286 g/mol. The molecule has 0 fully saturated rings. The molecular weight excluding hydrogens is 269 g/mol. The SMILES string of the molecule is CCN(CC)CCNc1nc(C(F)(F)F)ccc1C#N. The molecule has 0 aromatic carbocycles. The number of alkyl halides is 3. The minimum absolute atomic E-state index is 0.0190. The fourth-order valence-electron chi connectivity index (χ4n) is 1.71. The Hall–Kier alpha value is -1.81. The van der Waals surface area contributed by atoms with Crippen LogP contribution in [0.25, 0.3) is 0 Å². The summed E-state index contributed by atoms with van der Waals surface area (Å²) in [7, 11) is 0. The van der Waals surface area contributed by atoms with Gasteiger partial charge < -0.3 is 10.2 Å². The van der Waals surface area contributed by atoms with Crippen LogP contribution in [-0.4, -0.2) is 36.1 Å². The fourth-order valence-corrected chi connectivity index (χ4v) is 1.71. The summed E-state index contributed by atoms with van der Waals surface area (Å²) in [4.78, 5) is 5.60. The van der Waals surface area contributed by atoms with Gasteiger partial charge in [0.25, 0.3) is 0 Å². The van der Waals surface area contributed by atoms with Gasteiger partial charge in [-0.2, -0.15) is 18.4 Å². The lowest BCUT2D eigenvalue weighted by Gasteiger charge is -2.18. The number of hydrogen-bond donors (Lipinski definition) is 1.